The molecular formula is C13H17FN2O. The molecule has 0 aromatic heterocycles. The summed E-state index contributed by atoms with van der Waals surface area (Å²) in [4.78, 5) is 13.0. The van der Waals surface area contributed by atoms with E-state index in [1.807, 2.05) is 6.07 Å². The maximum atomic E-state index is 13.5. The minimum atomic E-state index is -0.397. The fraction of sp³-hybridized carbons (Fsp3) is 0.462. The van der Waals surface area contributed by atoms with Crippen LogP contribution in [0.25, 0.3) is 0 Å². The van der Waals surface area contributed by atoms with Crippen LogP contribution in [0.5, 0.6) is 0 Å². The number of carbonyl (C=O) groups excluding carboxylic acids is 1. The SMILES string of the molecule is NC(=O)N1CCCCC1Cc1ccccc1F. The highest BCUT2D eigenvalue weighted by atomic mass is 19.1. The molecule has 4 heteroatoms. The summed E-state index contributed by atoms with van der Waals surface area (Å²) in [6.45, 7) is 0.689. The Morgan fingerprint density at radius 1 is 1.41 bits per heavy atom. The molecule has 1 heterocycles. The highest BCUT2D eigenvalue weighted by Crippen LogP contribution is 2.21. The number of amides is 2. The van der Waals surface area contributed by atoms with Gasteiger partial charge in [0.2, 0.25) is 0 Å². The number of benzene rings is 1. The summed E-state index contributed by atoms with van der Waals surface area (Å²) in [6, 6.07) is 6.35. The van der Waals surface area contributed by atoms with Crippen molar-refractivity contribution in [1.82, 2.24) is 4.90 Å². The lowest BCUT2D eigenvalue weighted by Crippen LogP contribution is -2.47. The van der Waals surface area contributed by atoms with Crippen LogP contribution in [-0.2, 0) is 6.42 Å². The normalized spacial score (nSPS) is 20.3. The Bertz CT molecular complexity index is 408. The number of rotatable bonds is 2. The molecule has 2 N–H and O–H groups in total. The van der Waals surface area contributed by atoms with Crippen LogP contribution < -0.4 is 5.73 Å². The summed E-state index contributed by atoms with van der Waals surface area (Å²) in [6.07, 6.45) is 3.51. The van der Waals surface area contributed by atoms with Crippen LogP contribution >= 0.6 is 0 Å². The number of likely N-dealkylation sites (tertiary alicyclic amines) is 1. The predicted molar refractivity (Wildman–Crippen MR) is 64.0 cm³/mol. The zero-order valence-electron chi connectivity index (χ0n) is 9.73. The topological polar surface area (TPSA) is 46.3 Å². The highest BCUT2D eigenvalue weighted by Gasteiger charge is 2.25. The number of hydrogen-bond donors (Lipinski definition) is 1. The van der Waals surface area contributed by atoms with Crippen LogP contribution in [0.2, 0.25) is 0 Å². The first kappa shape index (κ1) is 11.9. The van der Waals surface area contributed by atoms with E-state index in [1.54, 1.807) is 17.0 Å². The lowest BCUT2D eigenvalue weighted by molar-refractivity contribution is 0.158. The molecule has 1 aliphatic rings. The smallest absolute Gasteiger partial charge is 0.315 e. The molecule has 1 atom stereocenters. The fourth-order valence-corrected chi connectivity index (χ4v) is 2.42. The quantitative estimate of drug-likeness (QED) is 0.841. The summed E-state index contributed by atoms with van der Waals surface area (Å²) in [7, 11) is 0. The molecule has 0 spiro atoms. The maximum absolute atomic E-state index is 13.5. The van der Waals surface area contributed by atoms with Crippen molar-refractivity contribution in [1.29, 1.82) is 0 Å². The van der Waals surface area contributed by atoms with Crippen molar-refractivity contribution in [3.05, 3.63) is 35.6 Å². The summed E-state index contributed by atoms with van der Waals surface area (Å²) in [5.41, 5.74) is 6.00. The van der Waals surface area contributed by atoms with E-state index in [4.69, 9.17) is 5.73 Å². The average molecular weight is 236 g/mol. The fourth-order valence-electron chi connectivity index (χ4n) is 2.42. The van der Waals surface area contributed by atoms with Gasteiger partial charge in [-0.1, -0.05) is 18.2 Å². The van der Waals surface area contributed by atoms with Crippen molar-refractivity contribution in [3.63, 3.8) is 0 Å². The molecule has 0 saturated carbocycles. The molecule has 1 unspecified atom stereocenters. The molecule has 1 aliphatic heterocycles. The molecule has 2 amide bonds. The first-order chi connectivity index (χ1) is 8.18. The number of nitrogens with zero attached hydrogens (tertiary/aromatic N) is 1. The first-order valence-corrected chi connectivity index (χ1v) is 5.98. The van der Waals surface area contributed by atoms with Crippen molar-refractivity contribution >= 4 is 6.03 Å². The molecule has 1 aromatic carbocycles. The summed E-state index contributed by atoms with van der Waals surface area (Å²) < 4.78 is 13.5. The summed E-state index contributed by atoms with van der Waals surface area (Å²) in [5.74, 6) is -0.206. The Labute approximate surface area is 100 Å². The number of halogens is 1. The predicted octanol–water partition coefficient (Wildman–Crippen LogP) is 2.30. The zero-order valence-corrected chi connectivity index (χ0v) is 9.73. The Balaban J connectivity index is 2.11. The molecule has 1 fully saturated rings. The average Bonchev–Trinajstić information content (AvgIpc) is 2.32. The molecule has 2 rings (SSSR count). The van der Waals surface area contributed by atoms with E-state index in [0.29, 0.717) is 18.5 Å². The van der Waals surface area contributed by atoms with Gasteiger partial charge in [-0.15, -0.1) is 0 Å². The minimum absolute atomic E-state index is 0.0400. The van der Waals surface area contributed by atoms with Gasteiger partial charge < -0.3 is 10.6 Å². The Morgan fingerprint density at radius 2 is 2.18 bits per heavy atom. The standard InChI is InChI=1S/C13H17FN2O/c14-12-7-2-1-5-10(12)9-11-6-3-4-8-16(11)13(15)17/h1-2,5,7,11H,3-4,6,8-9H2,(H2,15,17). The van der Waals surface area contributed by atoms with Crippen LogP contribution in [0.1, 0.15) is 24.8 Å². The summed E-state index contributed by atoms with van der Waals surface area (Å²) >= 11 is 0. The van der Waals surface area contributed by atoms with Crippen molar-refractivity contribution < 1.29 is 9.18 Å². The second-order valence-corrected chi connectivity index (χ2v) is 4.48. The van der Waals surface area contributed by atoms with Crippen LogP contribution in [0.3, 0.4) is 0 Å². The van der Waals surface area contributed by atoms with E-state index < -0.39 is 6.03 Å². The molecule has 0 bridgehead atoms. The second kappa shape index (κ2) is 5.17. The lowest BCUT2D eigenvalue weighted by Gasteiger charge is -2.34. The van der Waals surface area contributed by atoms with Crippen molar-refractivity contribution in [2.24, 2.45) is 5.73 Å². The van der Waals surface area contributed by atoms with Gasteiger partial charge in [-0.25, -0.2) is 9.18 Å². The van der Waals surface area contributed by atoms with Gasteiger partial charge in [-0.05, 0) is 37.3 Å². The van der Waals surface area contributed by atoms with Gasteiger partial charge in [0.1, 0.15) is 5.82 Å². The number of piperidine rings is 1. The van der Waals surface area contributed by atoms with E-state index in [9.17, 15) is 9.18 Å². The first-order valence-electron chi connectivity index (χ1n) is 5.98. The monoisotopic (exact) mass is 236 g/mol. The number of carbonyl (C=O) groups is 1. The van der Waals surface area contributed by atoms with Crippen molar-refractivity contribution in [3.8, 4) is 0 Å². The molecule has 1 aromatic rings. The van der Waals surface area contributed by atoms with Gasteiger partial charge in [-0.3, -0.25) is 0 Å². The molecule has 17 heavy (non-hydrogen) atoms. The van der Waals surface area contributed by atoms with Gasteiger partial charge in [0.15, 0.2) is 0 Å². The lowest BCUT2D eigenvalue weighted by atomic mass is 9.96. The van der Waals surface area contributed by atoms with Crippen LogP contribution in [0.15, 0.2) is 24.3 Å². The van der Waals surface area contributed by atoms with E-state index in [0.717, 1.165) is 19.3 Å². The van der Waals surface area contributed by atoms with E-state index in [2.05, 4.69) is 0 Å². The third-order valence-electron chi connectivity index (χ3n) is 3.32. The molecule has 3 nitrogen and oxygen atoms in total. The van der Waals surface area contributed by atoms with Gasteiger partial charge in [0.25, 0.3) is 0 Å². The Morgan fingerprint density at radius 3 is 2.88 bits per heavy atom. The Kier molecular flexibility index (Phi) is 3.61. The molecule has 1 saturated heterocycles. The van der Waals surface area contributed by atoms with Gasteiger partial charge in [0, 0.05) is 12.6 Å². The summed E-state index contributed by atoms with van der Waals surface area (Å²) in [5, 5.41) is 0. The molecule has 92 valence electrons. The zero-order chi connectivity index (χ0) is 12.3. The number of nitrogens with two attached hydrogens (primary N) is 1. The van der Waals surface area contributed by atoms with Crippen LogP contribution in [0, 0.1) is 5.82 Å². The molecular weight excluding hydrogens is 219 g/mol. The third-order valence-corrected chi connectivity index (χ3v) is 3.32. The van der Waals surface area contributed by atoms with Crippen molar-refractivity contribution in [2.45, 2.75) is 31.7 Å². The third kappa shape index (κ3) is 2.75. The van der Waals surface area contributed by atoms with Crippen LogP contribution in [-0.4, -0.2) is 23.5 Å². The highest BCUT2D eigenvalue weighted by molar-refractivity contribution is 5.72. The molecule has 0 aliphatic carbocycles. The van der Waals surface area contributed by atoms with E-state index in [-0.39, 0.29) is 11.9 Å². The minimum Gasteiger partial charge on any atom is -0.351 e. The van der Waals surface area contributed by atoms with Gasteiger partial charge in [-0.2, -0.15) is 0 Å². The largest absolute Gasteiger partial charge is 0.351 e. The van der Waals surface area contributed by atoms with Crippen molar-refractivity contribution in [2.75, 3.05) is 6.54 Å². The maximum Gasteiger partial charge on any atom is 0.315 e. The second-order valence-electron chi connectivity index (χ2n) is 4.48. The van der Waals surface area contributed by atoms with E-state index in [1.165, 1.54) is 6.07 Å². The molecule has 0 radical (unpaired) electrons. The van der Waals surface area contributed by atoms with Crippen LogP contribution in [0.4, 0.5) is 9.18 Å². The van der Waals surface area contributed by atoms with Gasteiger partial charge >= 0.3 is 6.03 Å². The van der Waals surface area contributed by atoms with E-state index >= 15 is 0 Å². The Hall–Kier alpha value is -1.58. The number of urea groups is 1. The van der Waals surface area contributed by atoms with Gasteiger partial charge in [0.05, 0.1) is 0 Å². The number of primary amides is 1. The number of hydrogen-bond acceptors (Lipinski definition) is 1.